The van der Waals surface area contributed by atoms with Crippen LogP contribution in [0.1, 0.15) is 48.6 Å². The van der Waals surface area contributed by atoms with Crippen LogP contribution in [0.15, 0.2) is 22.7 Å². The number of halogens is 2. The first kappa shape index (κ1) is 22.8. The minimum Gasteiger partial charge on any atom is -0.462 e. The van der Waals surface area contributed by atoms with Gasteiger partial charge in [0.15, 0.2) is 0 Å². The molecule has 3 N–H and O–H groups in total. The molecule has 2 amide bonds. The summed E-state index contributed by atoms with van der Waals surface area (Å²) in [5, 5.41) is 7.27. The molecule has 0 atom stereocenters. The summed E-state index contributed by atoms with van der Waals surface area (Å²) in [6, 6.07) is 4.87. The van der Waals surface area contributed by atoms with E-state index in [1.54, 1.807) is 39.0 Å². The number of benzene rings is 1. The van der Waals surface area contributed by atoms with Crippen molar-refractivity contribution in [2.24, 2.45) is 5.73 Å². The quantitative estimate of drug-likeness (QED) is 0.484. The van der Waals surface area contributed by atoms with Gasteiger partial charge in [-0.25, -0.2) is 4.79 Å². The Labute approximate surface area is 191 Å². The molecule has 3 rings (SSSR count). The second kappa shape index (κ2) is 9.09. The summed E-state index contributed by atoms with van der Waals surface area (Å²) in [6.45, 7) is 4.87. The van der Waals surface area contributed by atoms with Gasteiger partial charge >= 0.3 is 5.97 Å². The number of aromatic nitrogens is 1. The number of thiophene rings is 1. The number of aryl methyl sites for hydroxylation is 1. The molecule has 162 valence electrons. The third-order valence-electron chi connectivity index (χ3n) is 4.37. The first-order chi connectivity index (χ1) is 14.7. The highest BCUT2D eigenvalue weighted by molar-refractivity contribution is 7.18. The molecule has 0 aliphatic rings. The predicted octanol–water partition coefficient (Wildman–Crippen LogP) is 4.85. The molecule has 0 saturated carbocycles. The van der Waals surface area contributed by atoms with Crippen molar-refractivity contribution in [2.75, 3.05) is 11.9 Å². The van der Waals surface area contributed by atoms with Gasteiger partial charge < -0.3 is 20.3 Å². The number of hydrogen-bond acceptors (Lipinski definition) is 7. The predicted molar refractivity (Wildman–Crippen MR) is 118 cm³/mol. The number of hydrogen-bond donors (Lipinski definition) is 2. The Balaban J connectivity index is 2.08. The second-order valence-electron chi connectivity index (χ2n) is 6.36. The summed E-state index contributed by atoms with van der Waals surface area (Å²) in [5.74, 6) is -1.83. The molecule has 11 heteroatoms. The normalized spacial score (nSPS) is 10.7. The third-order valence-corrected chi connectivity index (χ3v) is 6.22. The van der Waals surface area contributed by atoms with Crippen LogP contribution in [0.5, 0.6) is 0 Å². The maximum atomic E-state index is 13.2. The lowest BCUT2D eigenvalue weighted by Crippen LogP contribution is -2.16. The van der Waals surface area contributed by atoms with Gasteiger partial charge in [-0.15, -0.1) is 11.3 Å². The van der Waals surface area contributed by atoms with Crippen LogP contribution in [0, 0.1) is 13.8 Å². The summed E-state index contributed by atoms with van der Waals surface area (Å²) in [7, 11) is 0. The number of nitrogens with one attached hydrogen (secondary N) is 1. The van der Waals surface area contributed by atoms with Crippen molar-refractivity contribution in [1.29, 1.82) is 0 Å². The molecule has 0 fully saturated rings. The van der Waals surface area contributed by atoms with Crippen molar-refractivity contribution in [3.8, 4) is 11.3 Å². The Hall–Kier alpha value is -2.88. The number of rotatable bonds is 6. The van der Waals surface area contributed by atoms with E-state index >= 15 is 0 Å². The Bertz CT molecular complexity index is 1180. The van der Waals surface area contributed by atoms with Crippen molar-refractivity contribution in [1.82, 2.24) is 5.16 Å². The van der Waals surface area contributed by atoms with E-state index in [9.17, 15) is 14.4 Å². The van der Waals surface area contributed by atoms with E-state index < -0.39 is 17.8 Å². The third kappa shape index (κ3) is 4.30. The monoisotopic (exact) mass is 481 g/mol. The van der Waals surface area contributed by atoms with E-state index in [2.05, 4.69) is 10.5 Å². The molecule has 0 aliphatic carbocycles. The van der Waals surface area contributed by atoms with Gasteiger partial charge in [0.05, 0.1) is 27.1 Å². The van der Waals surface area contributed by atoms with E-state index in [-0.39, 0.29) is 49.1 Å². The number of ether oxygens (including phenoxy) is 1. The van der Waals surface area contributed by atoms with Crippen LogP contribution in [0.2, 0.25) is 10.0 Å². The number of anilines is 1. The van der Waals surface area contributed by atoms with Gasteiger partial charge in [-0.3, -0.25) is 9.59 Å². The number of nitrogens with two attached hydrogens (primary N) is 1. The van der Waals surface area contributed by atoms with Crippen LogP contribution in [0.25, 0.3) is 11.3 Å². The summed E-state index contributed by atoms with van der Waals surface area (Å²) in [4.78, 5) is 37.5. The molecule has 8 nitrogen and oxygen atoms in total. The fourth-order valence-electron chi connectivity index (χ4n) is 2.99. The van der Waals surface area contributed by atoms with Crippen molar-refractivity contribution < 1.29 is 23.6 Å². The Morgan fingerprint density at radius 3 is 2.42 bits per heavy atom. The van der Waals surface area contributed by atoms with E-state index in [0.29, 0.717) is 11.1 Å². The van der Waals surface area contributed by atoms with Gasteiger partial charge in [-0.05, 0) is 38.5 Å². The fourth-order valence-corrected chi connectivity index (χ4v) is 4.60. The standard InChI is InChI=1S/C20H17Cl2N3O5S/c1-4-29-20(28)12-8(2)16(17(23)26)31-19(12)24-18(27)13-9(3)30-25-15(13)14-10(21)6-5-7-11(14)22/h5-7H,4H2,1-3H3,(H2,23,26)(H,24,27). The number of esters is 1. The van der Waals surface area contributed by atoms with Gasteiger partial charge in [0, 0.05) is 5.56 Å². The highest BCUT2D eigenvalue weighted by atomic mass is 35.5. The summed E-state index contributed by atoms with van der Waals surface area (Å²) in [6.07, 6.45) is 0. The van der Waals surface area contributed by atoms with Crippen LogP contribution < -0.4 is 11.1 Å². The number of primary amides is 1. The maximum Gasteiger partial charge on any atom is 0.341 e. The van der Waals surface area contributed by atoms with Gasteiger partial charge in [0.1, 0.15) is 22.0 Å². The number of carbonyl (C=O) groups is 3. The van der Waals surface area contributed by atoms with Crippen LogP contribution in [0.3, 0.4) is 0 Å². The molecule has 0 saturated heterocycles. The van der Waals surface area contributed by atoms with Crippen LogP contribution in [-0.2, 0) is 4.74 Å². The first-order valence-corrected chi connectivity index (χ1v) is 10.6. The molecular formula is C20H17Cl2N3O5S. The molecule has 2 aromatic heterocycles. The second-order valence-corrected chi connectivity index (χ2v) is 8.19. The molecular weight excluding hydrogens is 465 g/mol. The molecule has 2 heterocycles. The van der Waals surface area contributed by atoms with Gasteiger partial charge in [-0.2, -0.15) is 0 Å². The van der Waals surface area contributed by atoms with Crippen molar-refractivity contribution in [2.45, 2.75) is 20.8 Å². The number of carbonyl (C=O) groups excluding carboxylic acids is 3. The molecule has 0 radical (unpaired) electrons. The topological polar surface area (TPSA) is 125 Å². The Kier molecular flexibility index (Phi) is 6.68. The summed E-state index contributed by atoms with van der Waals surface area (Å²) in [5.41, 5.74) is 6.34. The smallest absolute Gasteiger partial charge is 0.341 e. The van der Waals surface area contributed by atoms with Crippen LogP contribution in [-0.4, -0.2) is 29.5 Å². The molecule has 0 spiro atoms. The zero-order valence-electron chi connectivity index (χ0n) is 16.7. The zero-order valence-corrected chi connectivity index (χ0v) is 19.0. The highest BCUT2D eigenvalue weighted by Crippen LogP contribution is 2.38. The minimum absolute atomic E-state index is 0.0560. The van der Waals surface area contributed by atoms with Gasteiger partial charge in [-0.1, -0.05) is 34.4 Å². The molecule has 0 aliphatic heterocycles. The van der Waals surface area contributed by atoms with Crippen molar-refractivity contribution in [3.63, 3.8) is 0 Å². The summed E-state index contributed by atoms with van der Waals surface area (Å²) >= 11 is 13.4. The van der Waals surface area contributed by atoms with Crippen molar-refractivity contribution >= 4 is 57.3 Å². The van der Waals surface area contributed by atoms with Gasteiger partial charge in [0.2, 0.25) is 0 Å². The first-order valence-electron chi connectivity index (χ1n) is 8.99. The lowest BCUT2D eigenvalue weighted by molar-refractivity contribution is 0.0527. The average molecular weight is 482 g/mol. The average Bonchev–Trinajstić information content (AvgIpc) is 3.22. The zero-order chi connectivity index (χ0) is 22.9. The molecule has 0 unspecified atom stereocenters. The number of nitrogens with zero attached hydrogens (tertiary/aromatic N) is 1. The van der Waals surface area contributed by atoms with E-state index in [0.717, 1.165) is 11.3 Å². The molecule has 1 aromatic carbocycles. The number of amides is 2. The van der Waals surface area contributed by atoms with Crippen LogP contribution in [0.4, 0.5) is 5.00 Å². The molecule has 3 aromatic rings. The van der Waals surface area contributed by atoms with E-state index in [1.807, 2.05) is 0 Å². The minimum atomic E-state index is -0.724. The van der Waals surface area contributed by atoms with Crippen molar-refractivity contribution in [3.05, 3.63) is 55.6 Å². The lowest BCUT2D eigenvalue weighted by Gasteiger charge is -2.09. The highest BCUT2D eigenvalue weighted by Gasteiger charge is 2.29. The summed E-state index contributed by atoms with van der Waals surface area (Å²) < 4.78 is 10.3. The Morgan fingerprint density at radius 2 is 1.84 bits per heavy atom. The maximum absolute atomic E-state index is 13.2. The lowest BCUT2D eigenvalue weighted by atomic mass is 10.1. The SMILES string of the molecule is CCOC(=O)c1c(NC(=O)c2c(-c3c(Cl)cccc3Cl)noc2C)sc(C(N)=O)c1C. The largest absolute Gasteiger partial charge is 0.462 e. The molecule has 0 bridgehead atoms. The van der Waals surface area contributed by atoms with E-state index in [1.165, 1.54) is 0 Å². The fraction of sp³-hybridized carbons (Fsp3) is 0.200. The Morgan fingerprint density at radius 1 is 1.19 bits per heavy atom. The van der Waals surface area contributed by atoms with E-state index in [4.69, 9.17) is 38.2 Å². The molecule has 31 heavy (non-hydrogen) atoms. The van der Waals surface area contributed by atoms with Crippen LogP contribution >= 0.6 is 34.5 Å². The van der Waals surface area contributed by atoms with Gasteiger partial charge in [0.25, 0.3) is 11.8 Å².